The summed E-state index contributed by atoms with van der Waals surface area (Å²) >= 11 is 0. The number of benzene rings is 1. The largest absolute Gasteiger partial charge is 0.462 e. The molecule has 0 unspecified atom stereocenters. The van der Waals surface area contributed by atoms with Crippen molar-refractivity contribution in [3.63, 3.8) is 0 Å². The molecule has 1 aromatic rings. The van der Waals surface area contributed by atoms with Gasteiger partial charge in [0.05, 0.1) is 0 Å². The van der Waals surface area contributed by atoms with Gasteiger partial charge in [0, 0.05) is 19.5 Å². The molecule has 1 aromatic carbocycles. The molecule has 0 aliphatic carbocycles. The molecule has 28 heavy (non-hydrogen) atoms. The van der Waals surface area contributed by atoms with Crippen molar-refractivity contribution in [2.24, 2.45) is 0 Å². The van der Waals surface area contributed by atoms with Crippen LogP contribution in [0.15, 0.2) is 24.3 Å². The lowest BCUT2D eigenvalue weighted by atomic mass is 10.0. The first-order valence-corrected chi connectivity index (χ1v) is 9.31. The minimum atomic E-state index is -5.01. The van der Waals surface area contributed by atoms with Crippen molar-refractivity contribution >= 4 is 27.9 Å². The number of hydrogen-bond acceptors (Lipinski definition) is 9. The predicted octanol–water partition coefficient (Wildman–Crippen LogP) is -1.25. The normalized spacial score (nSPS) is 27.7. The summed E-state index contributed by atoms with van der Waals surface area (Å²) in [6.45, 7) is 2.49. The van der Waals surface area contributed by atoms with Gasteiger partial charge in [0.25, 0.3) is 0 Å². The first-order valence-electron chi connectivity index (χ1n) is 7.95. The van der Waals surface area contributed by atoms with Gasteiger partial charge < -0.3 is 30.3 Å². The molecule has 1 aliphatic heterocycles. The number of carbonyl (C=O) groups is 2. The Hall–Kier alpha value is -2.29. The second-order valence-electron chi connectivity index (χ2n) is 5.93. The first-order chi connectivity index (χ1) is 13.0. The van der Waals surface area contributed by atoms with E-state index in [0.29, 0.717) is 5.69 Å². The van der Waals surface area contributed by atoms with E-state index in [0.717, 1.165) is 6.92 Å². The molecule has 1 fully saturated rings. The van der Waals surface area contributed by atoms with E-state index in [9.17, 15) is 28.2 Å². The van der Waals surface area contributed by atoms with Gasteiger partial charge in [-0.1, -0.05) is 0 Å². The molecule has 2 rings (SSSR count). The minimum absolute atomic E-state index is 0.170. The third kappa shape index (κ3) is 6.12. The molecule has 0 aromatic heterocycles. The van der Waals surface area contributed by atoms with Crippen molar-refractivity contribution in [1.29, 1.82) is 0 Å². The highest BCUT2D eigenvalue weighted by atomic mass is 32.3. The van der Waals surface area contributed by atoms with Crippen LogP contribution in [-0.2, 0) is 28.9 Å². The van der Waals surface area contributed by atoms with Crippen LogP contribution in [0.1, 0.15) is 13.8 Å². The van der Waals surface area contributed by atoms with Gasteiger partial charge in [-0.05, 0) is 24.3 Å². The third-order valence-corrected chi connectivity index (χ3v) is 4.00. The molecule has 12 nitrogen and oxygen atoms in total. The van der Waals surface area contributed by atoms with Crippen molar-refractivity contribution in [2.75, 3.05) is 5.32 Å². The van der Waals surface area contributed by atoms with Crippen molar-refractivity contribution in [3.05, 3.63) is 24.3 Å². The Labute approximate surface area is 160 Å². The zero-order chi connectivity index (χ0) is 21.1. The van der Waals surface area contributed by atoms with Crippen molar-refractivity contribution in [3.8, 4) is 5.75 Å². The van der Waals surface area contributed by atoms with Gasteiger partial charge in [-0.2, -0.15) is 8.42 Å². The molecule has 1 aliphatic rings. The second-order valence-corrected chi connectivity index (χ2v) is 6.98. The topological polar surface area (TPSA) is 181 Å². The summed E-state index contributed by atoms with van der Waals surface area (Å²) in [4.78, 5) is 22.4. The van der Waals surface area contributed by atoms with Gasteiger partial charge in [-0.25, -0.2) is 4.18 Å². The Morgan fingerprint density at radius 2 is 1.64 bits per heavy atom. The average Bonchev–Trinajstić information content (AvgIpc) is 2.56. The molecular weight excluding hydrogens is 400 g/mol. The van der Waals surface area contributed by atoms with Crippen LogP contribution in [0.3, 0.4) is 0 Å². The molecule has 0 saturated carbocycles. The van der Waals surface area contributed by atoms with E-state index in [1.165, 1.54) is 31.2 Å². The third-order valence-electron chi connectivity index (χ3n) is 3.57. The van der Waals surface area contributed by atoms with E-state index in [1.54, 1.807) is 0 Å². The summed E-state index contributed by atoms with van der Waals surface area (Å²) in [7, 11) is -5.01. The summed E-state index contributed by atoms with van der Waals surface area (Å²) in [5, 5.41) is 25.1. The zero-order valence-electron chi connectivity index (χ0n) is 14.8. The number of anilines is 1. The van der Waals surface area contributed by atoms with Crippen LogP contribution < -0.4 is 15.4 Å². The lowest BCUT2D eigenvalue weighted by Crippen LogP contribution is -2.65. The molecule has 5 atom stereocenters. The standard InChI is InChI=1S/C15H20N2O10S/c1-7(18)16-9-3-5-10(6-4-9)25-14-11(17-8(2)19)12(20)13(21)15(26-14)27-28(22,23)24/h3-6,11-15,20-21H,1-2H3,(H,16,18)(H,17,19)(H,22,23,24)/t11-,12-,13+,14-,15-/m1/s1. The maximum Gasteiger partial charge on any atom is 0.399 e. The van der Waals surface area contributed by atoms with Crippen LogP contribution in [0.4, 0.5) is 5.69 Å². The summed E-state index contributed by atoms with van der Waals surface area (Å²) in [5.41, 5.74) is 0.478. The molecule has 0 radical (unpaired) electrons. The van der Waals surface area contributed by atoms with E-state index >= 15 is 0 Å². The summed E-state index contributed by atoms with van der Waals surface area (Å²) in [6.07, 6.45) is -7.13. The molecular formula is C15H20N2O10S. The number of rotatable bonds is 6. The zero-order valence-corrected chi connectivity index (χ0v) is 15.6. The van der Waals surface area contributed by atoms with Gasteiger partial charge in [-0.15, -0.1) is 0 Å². The van der Waals surface area contributed by atoms with E-state index in [2.05, 4.69) is 14.8 Å². The number of hydrogen-bond donors (Lipinski definition) is 5. The maximum absolute atomic E-state index is 11.4. The van der Waals surface area contributed by atoms with Crippen molar-refractivity contribution in [1.82, 2.24) is 5.32 Å². The number of carbonyl (C=O) groups excluding carboxylic acids is 2. The SMILES string of the molecule is CC(=O)Nc1ccc(O[C@@H]2O[C@H](OS(=O)(=O)O)[C@@H](O)[C@H](O)[C@H]2NC(C)=O)cc1. The molecule has 2 amide bonds. The Balaban J connectivity index is 2.22. The van der Waals surface area contributed by atoms with Crippen LogP contribution in [0, 0.1) is 0 Å². The van der Waals surface area contributed by atoms with Gasteiger partial charge in [0.15, 0.2) is 0 Å². The van der Waals surface area contributed by atoms with E-state index in [4.69, 9.17) is 14.0 Å². The minimum Gasteiger partial charge on any atom is -0.462 e. The van der Waals surface area contributed by atoms with Gasteiger partial charge in [0.2, 0.25) is 24.4 Å². The lowest BCUT2D eigenvalue weighted by molar-refractivity contribution is -0.287. The van der Waals surface area contributed by atoms with Gasteiger partial charge in [-0.3, -0.25) is 14.1 Å². The average molecular weight is 420 g/mol. The number of nitrogens with one attached hydrogen (secondary N) is 2. The quantitative estimate of drug-likeness (QED) is 0.349. The fourth-order valence-corrected chi connectivity index (χ4v) is 2.87. The molecule has 156 valence electrons. The second kappa shape index (κ2) is 8.81. The van der Waals surface area contributed by atoms with Crippen LogP contribution >= 0.6 is 0 Å². The fourth-order valence-electron chi connectivity index (χ4n) is 2.47. The predicted molar refractivity (Wildman–Crippen MR) is 92.3 cm³/mol. The molecule has 1 heterocycles. The Morgan fingerprint density at radius 3 is 2.14 bits per heavy atom. The molecule has 1 saturated heterocycles. The lowest BCUT2D eigenvalue weighted by Gasteiger charge is -2.41. The summed E-state index contributed by atoms with van der Waals surface area (Å²) < 4.78 is 45.5. The Kier molecular flexibility index (Phi) is 6.92. The van der Waals surface area contributed by atoms with Crippen molar-refractivity contribution in [2.45, 2.75) is 44.7 Å². The van der Waals surface area contributed by atoms with Crippen LogP contribution in [0.5, 0.6) is 5.75 Å². The summed E-state index contributed by atoms with van der Waals surface area (Å²) in [5.74, 6) is -0.690. The summed E-state index contributed by atoms with van der Waals surface area (Å²) in [6, 6.07) is 4.60. The van der Waals surface area contributed by atoms with Gasteiger partial charge >= 0.3 is 10.4 Å². The number of aliphatic hydroxyl groups is 2. The first kappa shape index (κ1) is 22.0. The van der Waals surface area contributed by atoms with E-state index in [1.807, 2.05) is 0 Å². The highest BCUT2D eigenvalue weighted by Gasteiger charge is 2.48. The van der Waals surface area contributed by atoms with Crippen LogP contribution in [0.2, 0.25) is 0 Å². The van der Waals surface area contributed by atoms with Crippen LogP contribution in [-0.4, -0.2) is 65.8 Å². The molecule has 5 N–H and O–H groups in total. The van der Waals surface area contributed by atoms with Crippen LogP contribution in [0.25, 0.3) is 0 Å². The number of ether oxygens (including phenoxy) is 2. The highest BCUT2D eigenvalue weighted by Crippen LogP contribution is 2.26. The molecule has 0 bridgehead atoms. The highest BCUT2D eigenvalue weighted by molar-refractivity contribution is 7.80. The maximum atomic E-state index is 11.4. The van der Waals surface area contributed by atoms with Gasteiger partial charge in [0.1, 0.15) is 24.0 Å². The van der Waals surface area contributed by atoms with E-state index < -0.39 is 47.1 Å². The molecule has 0 spiro atoms. The Morgan fingerprint density at radius 1 is 1.04 bits per heavy atom. The van der Waals surface area contributed by atoms with Crippen molar-refractivity contribution < 1.29 is 46.4 Å². The number of amides is 2. The molecule has 13 heteroatoms. The Bertz CT molecular complexity index is 813. The fraction of sp³-hybridized carbons (Fsp3) is 0.467. The number of aliphatic hydroxyl groups excluding tert-OH is 2. The van der Waals surface area contributed by atoms with E-state index in [-0.39, 0.29) is 11.7 Å². The monoisotopic (exact) mass is 420 g/mol. The smallest absolute Gasteiger partial charge is 0.399 e.